The molecule has 192 valence electrons. The quantitative estimate of drug-likeness (QED) is 0.504. The number of ether oxygens (including phenoxy) is 2. The zero-order chi connectivity index (χ0) is 25.8. The maximum absolute atomic E-state index is 13.4. The van der Waals surface area contributed by atoms with Crippen molar-refractivity contribution in [3.63, 3.8) is 0 Å². The van der Waals surface area contributed by atoms with Crippen LogP contribution in [0.25, 0.3) is 0 Å². The van der Waals surface area contributed by atoms with Gasteiger partial charge in [-0.1, -0.05) is 48.5 Å². The van der Waals surface area contributed by atoms with Gasteiger partial charge in [-0.05, 0) is 44.1 Å². The second-order valence-corrected chi connectivity index (χ2v) is 9.96. The van der Waals surface area contributed by atoms with Gasteiger partial charge in [0.15, 0.2) is 5.17 Å². The molecular formula is C27H33N3O5S. The van der Waals surface area contributed by atoms with Crippen molar-refractivity contribution in [2.24, 2.45) is 10.9 Å². The molecule has 0 spiro atoms. The van der Waals surface area contributed by atoms with E-state index in [0.29, 0.717) is 37.4 Å². The van der Waals surface area contributed by atoms with Gasteiger partial charge in [-0.15, -0.1) is 0 Å². The number of fused-ring (bicyclic) bond motifs is 1. The summed E-state index contributed by atoms with van der Waals surface area (Å²) < 4.78 is 10.4. The lowest BCUT2D eigenvalue weighted by Gasteiger charge is -2.37. The summed E-state index contributed by atoms with van der Waals surface area (Å²) in [7, 11) is 1.38. The number of aliphatic imine (C=N–C) groups is 1. The monoisotopic (exact) mass is 511 g/mol. The normalized spacial score (nSPS) is 21.6. The van der Waals surface area contributed by atoms with Crippen LogP contribution in [0, 0.1) is 12.8 Å². The fourth-order valence-corrected chi connectivity index (χ4v) is 5.93. The number of thioether (sulfide) groups is 1. The number of aryl methyl sites for hydroxylation is 1. The maximum Gasteiger partial charge on any atom is 0.338 e. The molecule has 1 aromatic carbocycles. The molecule has 0 aromatic heterocycles. The van der Waals surface area contributed by atoms with Crippen molar-refractivity contribution in [1.29, 1.82) is 0 Å². The number of allylic oxidation sites excluding steroid dienone is 1. The van der Waals surface area contributed by atoms with Crippen LogP contribution in [0.15, 0.2) is 51.6 Å². The summed E-state index contributed by atoms with van der Waals surface area (Å²) in [6.45, 7) is 7.09. The van der Waals surface area contributed by atoms with Gasteiger partial charge in [-0.25, -0.2) is 9.79 Å². The first-order valence-electron chi connectivity index (χ1n) is 12.4. The number of carbonyl (C=O) groups is 3. The number of hydrogen-bond donors (Lipinski definition) is 0. The van der Waals surface area contributed by atoms with Crippen LogP contribution in [0.3, 0.4) is 0 Å². The van der Waals surface area contributed by atoms with Gasteiger partial charge < -0.3 is 19.3 Å². The average molecular weight is 512 g/mol. The van der Waals surface area contributed by atoms with Crippen molar-refractivity contribution < 1.29 is 23.9 Å². The summed E-state index contributed by atoms with van der Waals surface area (Å²) in [5.74, 6) is -1.000. The molecule has 0 N–H and O–H groups in total. The third-order valence-corrected chi connectivity index (χ3v) is 7.60. The van der Waals surface area contributed by atoms with Crippen LogP contribution in [-0.4, -0.2) is 59.6 Å². The number of methoxy groups -OCH3 is 1. The number of benzene rings is 1. The number of carbonyl (C=O) groups excluding carboxylic acids is 3. The highest BCUT2D eigenvalue weighted by atomic mass is 32.2. The first-order chi connectivity index (χ1) is 17.4. The Morgan fingerprint density at radius 3 is 2.72 bits per heavy atom. The number of rotatable bonds is 7. The van der Waals surface area contributed by atoms with E-state index in [2.05, 4.69) is 6.07 Å². The van der Waals surface area contributed by atoms with E-state index in [4.69, 9.17) is 14.5 Å². The number of esters is 2. The van der Waals surface area contributed by atoms with Crippen LogP contribution in [-0.2, 0) is 23.9 Å². The zero-order valence-corrected chi connectivity index (χ0v) is 22.1. The van der Waals surface area contributed by atoms with Gasteiger partial charge in [0, 0.05) is 18.8 Å². The van der Waals surface area contributed by atoms with Gasteiger partial charge in [-0.3, -0.25) is 9.59 Å². The molecule has 3 heterocycles. The number of nitrogens with zero attached hydrogens (tertiary/aromatic N) is 3. The number of hydrogen-bond acceptors (Lipinski definition) is 8. The van der Waals surface area contributed by atoms with Gasteiger partial charge in [0.05, 0.1) is 43.4 Å². The van der Waals surface area contributed by atoms with Crippen LogP contribution in [0.2, 0.25) is 0 Å². The molecule has 36 heavy (non-hydrogen) atoms. The van der Waals surface area contributed by atoms with Crippen LogP contribution < -0.4 is 0 Å². The van der Waals surface area contributed by atoms with Gasteiger partial charge in [-0.2, -0.15) is 0 Å². The first-order valence-corrected chi connectivity index (χ1v) is 13.3. The van der Waals surface area contributed by atoms with E-state index in [1.165, 1.54) is 18.9 Å². The molecule has 3 aliphatic rings. The number of amidine groups is 1. The molecule has 1 aromatic rings. The summed E-state index contributed by atoms with van der Waals surface area (Å²) in [5.41, 5.74) is 3.99. The molecule has 1 fully saturated rings. The Balaban J connectivity index is 1.62. The van der Waals surface area contributed by atoms with Crippen LogP contribution in [0.5, 0.6) is 0 Å². The molecule has 2 atom stereocenters. The van der Waals surface area contributed by atoms with Crippen molar-refractivity contribution >= 4 is 34.8 Å². The highest BCUT2D eigenvalue weighted by Crippen LogP contribution is 2.45. The molecule has 3 aliphatic heterocycles. The summed E-state index contributed by atoms with van der Waals surface area (Å²) >= 11 is 1.46. The van der Waals surface area contributed by atoms with Crippen molar-refractivity contribution in [2.45, 2.75) is 52.5 Å². The Kier molecular flexibility index (Phi) is 8.18. The smallest absolute Gasteiger partial charge is 0.338 e. The zero-order valence-electron chi connectivity index (χ0n) is 21.3. The number of amides is 1. The predicted molar refractivity (Wildman–Crippen MR) is 139 cm³/mol. The third-order valence-electron chi connectivity index (χ3n) is 6.71. The minimum atomic E-state index is -0.442. The molecule has 1 amide bonds. The van der Waals surface area contributed by atoms with Crippen LogP contribution in [0.4, 0.5) is 0 Å². The molecule has 0 saturated carbocycles. The lowest BCUT2D eigenvalue weighted by molar-refractivity contribution is -0.151. The van der Waals surface area contributed by atoms with E-state index >= 15 is 0 Å². The van der Waals surface area contributed by atoms with Gasteiger partial charge >= 0.3 is 11.9 Å². The summed E-state index contributed by atoms with van der Waals surface area (Å²) in [6, 6.07) is 7.59. The third kappa shape index (κ3) is 5.21. The molecular weight excluding hydrogens is 478 g/mol. The van der Waals surface area contributed by atoms with E-state index < -0.39 is 12.0 Å². The fraction of sp³-hybridized carbons (Fsp3) is 0.481. The highest BCUT2D eigenvalue weighted by Gasteiger charge is 2.42. The van der Waals surface area contributed by atoms with E-state index in [1.54, 1.807) is 11.8 Å². The van der Waals surface area contributed by atoms with E-state index in [-0.39, 0.29) is 24.2 Å². The molecule has 0 aliphatic carbocycles. The molecule has 0 bridgehead atoms. The molecule has 1 saturated heterocycles. The Bertz CT molecular complexity index is 1140. The second-order valence-electron chi connectivity index (χ2n) is 9.12. The summed E-state index contributed by atoms with van der Waals surface area (Å²) in [5, 5.41) is 2.69. The lowest BCUT2D eigenvalue weighted by Crippen LogP contribution is -2.44. The predicted octanol–water partition coefficient (Wildman–Crippen LogP) is 4.32. The molecule has 0 radical (unpaired) electrons. The van der Waals surface area contributed by atoms with Crippen molar-refractivity contribution in [1.82, 2.24) is 9.80 Å². The van der Waals surface area contributed by atoms with Gasteiger partial charge in [0.2, 0.25) is 5.91 Å². The standard InChI is InChI=1S/C27H33N3O5S/c1-5-21-23(26(33)34-4)24(18-10-7-9-17(3)13-18)30-20(16-36-27(30)28-21)14-22(31)29-12-8-11-19(15-29)25(32)35-6-2/h7,9-10,13,16,19,24H,5-6,8,11-12,14-15H2,1-4H3. The fourth-order valence-electron chi connectivity index (χ4n) is 4.99. The SMILES string of the molecule is CCOC(=O)C1CCCN(C(=O)CC2=CSC3=NC(CC)=C(C(=O)OC)C(c4cccc(C)c4)N23)C1. The van der Waals surface area contributed by atoms with Gasteiger partial charge in [0.1, 0.15) is 0 Å². The minimum absolute atomic E-state index is 0.0509. The van der Waals surface area contributed by atoms with Crippen LogP contribution in [0.1, 0.15) is 56.7 Å². The Morgan fingerprint density at radius 1 is 1.22 bits per heavy atom. The molecule has 9 heteroatoms. The van der Waals surface area contributed by atoms with Crippen molar-refractivity contribution in [3.05, 3.63) is 57.8 Å². The topological polar surface area (TPSA) is 88.5 Å². The first kappa shape index (κ1) is 26.0. The summed E-state index contributed by atoms with van der Waals surface area (Å²) in [6.07, 6.45) is 2.23. The Morgan fingerprint density at radius 2 is 2.03 bits per heavy atom. The number of piperidine rings is 1. The Labute approximate surface area is 216 Å². The number of likely N-dealkylation sites (tertiary alicyclic amines) is 1. The van der Waals surface area contributed by atoms with E-state index in [1.807, 2.05) is 42.4 Å². The Hall–Kier alpha value is -3.07. The lowest BCUT2D eigenvalue weighted by atomic mass is 9.92. The second kappa shape index (κ2) is 11.3. The largest absolute Gasteiger partial charge is 0.466 e. The van der Waals surface area contributed by atoms with E-state index in [9.17, 15) is 14.4 Å². The van der Waals surface area contributed by atoms with Crippen LogP contribution >= 0.6 is 11.8 Å². The molecule has 4 rings (SSSR count). The average Bonchev–Trinajstić information content (AvgIpc) is 3.29. The van der Waals surface area contributed by atoms with Gasteiger partial charge in [0.25, 0.3) is 0 Å². The maximum atomic E-state index is 13.4. The van der Waals surface area contributed by atoms with E-state index in [0.717, 1.165) is 34.8 Å². The highest BCUT2D eigenvalue weighted by molar-refractivity contribution is 8.16. The minimum Gasteiger partial charge on any atom is -0.466 e. The van der Waals surface area contributed by atoms with Crippen molar-refractivity contribution in [3.8, 4) is 0 Å². The molecule has 8 nitrogen and oxygen atoms in total. The molecule has 2 unspecified atom stereocenters. The summed E-state index contributed by atoms with van der Waals surface area (Å²) in [4.78, 5) is 47.2. The van der Waals surface area contributed by atoms with Crippen molar-refractivity contribution in [2.75, 3.05) is 26.8 Å².